The first-order valence-corrected chi connectivity index (χ1v) is 6.08. The fraction of sp³-hybridized carbons (Fsp3) is 0.462. The molecule has 1 aromatic carbocycles. The van der Waals surface area contributed by atoms with Crippen LogP contribution in [0.25, 0.3) is 0 Å². The number of nitrogens with one attached hydrogen (secondary N) is 1. The van der Waals surface area contributed by atoms with Gasteiger partial charge in [0.15, 0.2) is 0 Å². The maximum Gasteiger partial charge on any atom is 0.251 e. The fourth-order valence-corrected chi connectivity index (χ4v) is 2.22. The van der Waals surface area contributed by atoms with Gasteiger partial charge in [-0.1, -0.05) is 0 Å². The van der Waals surface area contributed by atoms with E-state index < -0.39 is 5.82 Å². The number of hydrogen-bond donors (Lipinski definition) is 2. The maximum absolute atomic E-state index is 13.0. The van der Waals surface area contributed by atoms with Crippen LogP contribution < -0.4 is 11.1 Å². The van der Waals surface area contributed by atoms with Crippen LogP contribution in [0.5, 0.6) is 0 Å². The lowest BCUT2D eigenvalue weighted by Crippen LogP contribution is -2.30. The number of anilines is 1. The van der Waals surface area contributed by atoms with Gasteiger partial charge in [0.05, 0.1) is 5.69 Å². The molecule has 0 bridgehead atoms. The Balaban J connectivity index is 1.89. The van der Waals surface area contributed by atoms with Crippen molar-refractivity contribution in [2.45, 2.75) is 6.42 Å². The van der Waals surface area contributed by atoms with E-state index in [-0.39, 0.29) is 11.6 Å². The molecule has 0 saturated carbocycles. The van der Waals surface area contributed by atoms with Gasteiger partial charge in [-0.3, -0.25) is 4.79 Å². The Morgan fingerprint density at radius 2 is 2.39 bits per heavy atom. The number of nitrogens with two attached hydrogens (primary N) is 1. The number of nitrogen functional groups attached to an aromatic ring is 1. The summed E-state index contributed by atoms with van der Waals surface area (Å²) in [5, 5.41) is 2.86. The van der Waals surface area contributed by atoms with Crippen LogP contribution in [0.1, 0.15) is 16.8 Å². The fourth-order valence-electron chi connectivity index (χ4n) is 2.22. The van der Waals surface area contributed by atoms with Crippen molar-refractivity contribution >= 4 is 11.6 Å². The van der Waals surface area contributed by atoms with E-state index in [2.05, 4.69) is 17.3 Å². The minimum Gasteiger partial charge on any atom is -0.396 e. The van der Waals surface area contributed by atoms with Crippen LogP contribution in [0, 0.1) is 11.7 Å². The second kappa shape index (κ2) is 5.35. The van der Waals surface area contributed by atoms with E-state index in [0.717, 1.165) is 19.5 Å². The average molecular weight is 251 g/mol. The van der Waals surface area contributed by atoms with Gasteiger partial charge in [-0.15, -0.1) is 0 Å². The normalized spacial score (nSPS) is 20.0. The number of rotatable bonds is 3. The van der Waals surface area contributed by atoms with Crippen molar-refractivity contribution in [3.05, 3.63) is 29.6 Å². The number of halogens is 1. The first kappa shape index (κ1) is 12.8. The van der Waals surface area contributed by atoms with Gasteiger partial charge in [0.1, 0.15) is 5.82 Å². The molecule has 0 aliphatic carbocycles. The second-order valence-corrected chi connectivity index (χ2v) is 4.86. The summed E-state index contributed by atoms with van der Waals surface area (Å²) >= 11 is 0. The molecule has 1 saturated heterocycles. The van der Waals surface area contributed by atoms with Crippen LogP contribution in [0.15, 0.2) is 18.2 Å². The molecule has 18 heavy (non-hydrogen) atoms. The summed E-state index contributed by atoms with van der Waals surface area (Å²) in [7, 11) is 2.07. The van der Waals surface area contributed by atoms with Crippen molar-refractivity contribution in [2.24, 2.45) is 5.92 Å². The molecule has 0 aromatic heterocycles. The van der Waals surface area contributed by atoms with E-state index in [1.54, 1.807) is 0 Å². The van der Waals surface area contributed by atoms with Crippen molar-refractivity contribution in [2.75, 3.05) is 32.4 Å². The van der Waals surface area contributed by atoms with Gasteiger partial charge in [0.2, 0.25) is 0 Å². The van der Waals surface area contributed by atoms with E-state index >= 15 is 0 Å². The number of carbonyl (C=O) groups is 1. The molecule has 1 heterocycles. The maximum atomic E-state index is 13.0. The van der Waals surface area contributed by atoms with Crippen molar-refractivity contribution in [1.29, 1.82) is 0 Å². The van der Waals surface area contributed by atoms with Crippen LogP contribution in [0.3, 0.4) is 0 Å². The number of hydrogen-bond acceptors (Lipinski definition) is 3. The van der Waals surface area contributed by atoms with Gasteiger partial charge in [0, 0.05) is 18.7 Å². The Morgan fingerprint density at radius 3 is 3.00 bits per heavy atom. The molecule has 1 aliphatic rings. The Bertz CT molecular complexity index is 450. The molecular formula is C13H18FN3O. The summed E-state index contributed by atoms with van der Waals surface area (Å²) in [4.78, 5) is 14.1. The summed E-state index contributed by atoms with van der Waals surface area (Å²) in [6.07, 6.45) is 1.10. The van der Waals surface area contributed by atoms with Gasteiger partial charge in [-0.2, -0.15) is 0 Å². The Hall–Kier alpha value is -1.62. The number of amides is 1. The Kier molecular flexibility index (Phi) is 3.81. The summed E-state index contributed by atoms with van der Waals surface area (Å²) in [5.41, 5.74) is 5.84. The number of benzene rings is 1. The molecule has 5 heteroatoms. The standard InChI is InChI=1S/C13H18FN3O/c1-17-5-4-9(8-17)7-16-13(18)10-2-3-11(14)12(15)6-10/h2-3,6,9H,4-5,7-8,15H2,1H3,(H,16,18). The predicted molar refractivity (Wildman–Crippen MR) is 68.7 cm³/mol. The molecule has 1 atom stereocenters. The lowest BCUT2D eigenvalue weighted by atomic mass is 10.1. The van der Waals surface area contributed by atoms with Crippen LogP contribution in [0.4, 0.5) is 10.1 Å². The van der Waals surface area contributed by atoms with Gasteiger partial charge in [-0.25, -0.2) is 4.39 Å². The third kappa shape index (κ3) is 2.98. The van der Waals surface area contributed by atoms with E-state index in [1.165, 1.54) is 18.2 Å². The molecule has 4 nitrogen and oxygen atoms in total. The highest BCUT2D eigenvalue weighted by Crippen LogP contribution is 2.14. The molecular weight excluding hydrogens is 233 g/mol. The molecule has 0 spiro atoms. The second-order valence-electron chi connectivity index (χ2n) is 4.86. The summed E-state index contributed by atoms with van der Waals surface area (Å²) < 4.78 is 13.0. The van der Waals surface area contributed by atoms with Crippen LogP contribution >= 0.6 is 0 Å². The highest BCUT2D eigenvalue weighted by molar-refractivity contribution is 5.95. The molecule has 1 aromatic rings. The first-order chi connectivity index (χ1) is 8.56. The van der Waals surface area contributed by atoms with Crippen LogP contribution in [-0.2, 0) is 0 Å². The zero-order valence-corrected chi connectivity index (χ0v) is 10.4. The zero-order chi connectivity index (χ0) is 13.1. The third-order valence-corrected chi connectivity index (χ3v) is 3.30. The first-order valence-electron chi connectivity index (χ1n) is 6.08. The summed E-state index contributed by atoms with van der Waals surface area (Å²) in [5.74, 6) is -0.197. The van der Waals surface area contributed by atoms with Gasteiger partial charge in [-0.05, 0) is 44.1 Å². The highest BCUT2D eigenvalue weighted by atomic mass is 19.1. The van der Waals surface area contributed by atoms with Gasteiger partial charge in [0.25, 0.3) is 5.91 Å². The van der Waals surface area contributed by atoms with Gasteiger partial charge >= 0.3 is 0 Å². The molecule has 3 N–H and O–H groups in total. The van der Waals surface area contributed by atoms with Gasteiger partial charge < -0.3 is 16.0 Å². The lowest BCUT2D eigenvalue weighted by Gasteiger charge is -2.12. The van der Waals surface area contributed by atoms with E-state index in [1.807, 2.05) is 0 Å². The highest BCUT2D eigenvalue weighted by Gasteiger charge is 2.20. The Morgan fingerprint density at radius 1 is 1.61 bits per heavy atom. The van der Waals surface area contributed by atoms with Crippen LogP contribution in [0.2, 0.25) is 0 Å². The summed E-state index contributed by atoms with van der Waals surface area (Å²) in [6, 6.07) is 4.03. The van der Waals surface area contributed by atoms with Crippen molar-refractivity contribution in [3.63, 3.8) is 0 Å². The lowest BCUT2D eigenvalue weighted by molar-refractivity contribution is 0.0947. The number of likely N-dealkylation sites (tertiary alicyclic amines) is 1. The topological polar surface area (TPSA) is 58.4 Å². The van der Waals surface area contributed by atoms with Crippen molar-refractivity contribution in [3.8, 4) is 0 Å². The quantitative estimate of drug-likeness (QED) is 0.791. The average Bonchev–Trinajstić information content (AvgIpc) is 2.75. The van der Waals surface area contributed by atoms with E-state index in [0.29, 0.717) is 18.0 Å². The van der Waals surface area contributed by atoms with E-state index in [9.17, 15) is 9.18 Å². The molecule has 1 fully saturated rings. The smallest absolute Gasteiger partial charge is 0.251 e. The SMILES string of the molecule is CN1CCC(CNC(=O)c2ccc(F)c(N)c2)C1. The van der Waals surface area contributed by atoms with Crippen molar-refractivity contribution < 1.29 is 9.18 Å². The molecule has 0 radical (unpaired) electrons. The van der Waals surface area contributed by atoms with E-state index in [4.69, 9.17) is 5.73 Å². The largest absolute Gasteiger partial charge is 0.396 e. The molecule has 98 valence electrons. The number of nitrogens with zero attached hydrogens (tertiary/aromatic N) is 1. The molecule has 1 amide bonds. The molecule has 2 rings (SSSR count). The van der Waals surface area contributed by atoms with Crippen LogP contribution in [-0.4, -0.2) is 37.5 Å². The Labute approximate surface area is 106 Å². The monoisotopic (exact) mass is 251 g/mol. The predicted octanol–water partition coefficient (Wildman–Crippen LogP) is 1.09. The minimum atomic E-state index is -0.496. The molecule has 1 unspecified atom stereocenters. The van der Waals surface area contributed by atoms with Crippen molar-refractivity contribution in [1.82, 2.24) is 10.2 Å². The third-order valence-electron chi connectivity index (χ3n) is 3.30. The molecule has 1 aliphatic heterocycles. The number of carbonyl (C=O) groups excluding carboxylic acids is 1. The minimum absolute atomic E-state index is 0.00301. The zero-order valence-electron chi connectivity index (χ0n) is 10.4. The summed E-state index contributed by atoms with van der Waals surface area (Å²) in [6.45, 7) is 2.73.